The number of aromatic nitrogens is 2. The summed E-state index contributed by atoms with van der Waals surface area (Å²) in [7, 11) is 0. The zero-order valence-electron chi connectivity index (χ0n) is 11.7. The van der Waals surface area contributed by atoms with Crippen LogP contribution in [-0.2, 0) is 12.0 Å². The lowest BCUT2D eigenvalue weighted by molar-refractivity contribution is 0.569. The molecule has 20 heavy (non-hydrogen) atoms. The Hall–Kier alpha value is -1.53. The third-order valence-electron chi connectivity index (χ3n) is 2.91. The van der Waals surface area contributed by atoms with Crippen LogP contribution in [-0.4, -0.2) is 14.5 Å². The molecule has 0 aliphatic carbocycles. The third kappa shape index (κ3) is 3.13. The second-order valence-corrected chi connectivity index (χ2v) is 6.98. The zero-order chi connectivity index (χ0) is 14.9. The molecular weight excluding hydrogens is 290 g/mol. The van der Waals surface area contributed by atoms with Crippen LogP contribution in [0.5, 0.6) is 0 Å². The molecule has 4 nitrogen and oxygen atoms in total. The minimum Gasteiger partial charge on any atom is -0.389 e. The van der Waals surface area contributed by atoms with E-state index in [0.717, 1.165) is 10.7 Å². The number of hydrogen-bond donors (Lipinski definition) is 1. The molecule has 0 amide bonds. The molecule has 106 valence electrons. The molecule has 0 atom stereocenters. The second kappa shape index (κ2) is 5.46. The summed E-state index contributed by atoms with van der Waals surface area (Å²) in [6.45, 7) is 6.79. The molecule has 6 heteroatoms. The van der Waals surface area contributed by atoms with Crippen LogP contribution in [0.2, 0.25) is 0 Å². The summed E-state index contributed by atoms with van der Waals surface area (Å²) in [5, 5.41) is 2.94. The number of thiazole rings is 1. The van der Waals surface area contributed by atoms with Gasteiger partial charge in [-0.2, -0.15) is 0 Å². The third-order valence-corrected chi connectivity index (χ3v) is 3.96. The molecule has 0 aliphatic rings. The molecule has 2 aromatic rings. The van der Waals surface area contributed by atoms with Gasteiger partial charge in [-0.1, -0.05) is 33.0 Å². The average Bonchev–Trinajstić information content (AvgIpc) is 2.80. The molecule has 0 radical (unpaired) electrons. The van der Waals surface area contributed by atoms with Crippen LogP contribution < -0.4 is 11.3 Å². The minimum absolute atomic E-state index is 0.0143. The molecule has 0 spiro atoms. The highest BCUT2D eigenvalue weighted by molar-refractivity contribution is 7.80. The van der Waals surface area contributed by atoms with Crippen molar-refractivity contribution < 1.29 is 0 Å². The van der Waals surface area contributed by atoms with E-state index in [1.54, 1.807) is 34.2 Å². The summed E-state index contributed by atoms with van der Waals surface area (Å²) >= 11 is 6.44. The van der Waals surface area contributed by atoms with Gasteiger partial charge in [-0.25, -0.2) is 4.98 Å². The maximum absolute atomic E-state index is 12.2. The molecule has 0 aliphatic heterocycles. The summed E-state index contributed by atoms with van der Waals surface area (Å²) < 4.78 is 1.58. The van der Waals surface area contributed by atoms with E-state index in [2.05, 4.69) is 25.8 Å². The number of thiocarbonyl (C=S) groups is 1. The Labute approximate surface area is 127 Å². The van der Waals surface area contributed by atoms with Gasteiger partial charge in [-0.05, 0) is 12.1 Å². The van der Waals surface area contributed by atoms with Crippen molar-refractivity contribution in [3.63, 3.8) is 0 Å². The first-order valence-corrected chi connectivity index (χ1v) is 7.52. The lowest BCUT2D eigenvalue weighted by Gasteiger charge is -2.14. The van der Waals surface area contributed by atoms with Crippen LogP contribution in [0.1, 0.15) is 37.0 Å². The summed E-state index contributed by atoms with van der Waals surface area (Å²) in [5.41, 5.74) is 6.79. The Morgan fingerprint density at radius 1 is 1.50 bits per heavy atom. The number of hydrogen-bond acceptors (Lipinski definition) is 4. The lowest BCUT2D eigenvalue weighted by Crippen LogP contribution is -2.28. The highest BCUT2D eigenvalue weighted by atomic mass is 32.1. The number of nitrogens with two attached hydrogens (primary N) is 1. The molecule has 2 aromatic heterocycles. The zero-order valence-corrected chi connectivity index (χ0v) is 13.3. The molecule has 0 aromatic carbocycles. The van der Waals surface area contributed by atoms with E-state index < -0.39 is 0 Å². The van der Waals surface area contributed by atoms with Crippen LogP contribution in [0.25, 0.3) is 0 Å². The van der Waals surface area contributed by atoms with Gasteiger partial charge in [-0.15, -0.1) is 11.3 Å². The van der Waals surface area contributed by atoms with E-state index >= 15 is 0 Å². The van der Waals surface area contributed by atoms with Gasteiger partial charge >= 0.3 is 0 Å². The normalized spacial score (nSPS) is 11.6. The summed E-state index contributed by atoms with van der Waals surface area (Å²) in [6.07, 6.45) is 1.72. The van der Waals surface area contributed by atoms with Crippen molar-refractivity contribution in [3.8, 4) is 0 Å². The summed E-state index contributed by atoms with van der Waals surface area (Å²) in [5.74, 6) is 0. The standard InChI is InChI=1S/C14H17N3OS2/c1-14(2,3)10-8-20-11(16-10)7-17-6-4-5-9(12(15)19)13(17)18/h4-6,8H,7H2,1-3H3,(H2,15,19). The summed E-state index contributed by atoms with van der Waals surface area (Å²) in [6, 6.07) is 3.41. The van der Waals surface area contributed by atoms with Gasteiger partial charge in [0.25, 0.3) is 5.56 Å². The molecule has 0 saturated carbocycles. The lowest BCUT2D eigenvalue weighted by atomic mass is 9.93. The molecule has 0 bridgehead atoms. The highest BCUT2D eigenvalue weighted by Crippen LogP contribution is 2.24. The Balaban J connectivity index is 2.32. The van der Waals surface area contributed by atoms with Crippen LogP contribution in [0.3, 0.4) is 0 Å². The first-order valence-electron chi connectivity index (χ1n) is 6.23. The molecule has 0 fully saturated rings. The molecule has 2 rings (SSSR count). The van der Waals surface area contributed by atoms with Crippen molar-refractivity contribution in [2.75, 3.05) is 0 Å². The van der Waals surface area contributed by atoms with Gasteiger partial charge in [0.05, 0.1) is 17.8 Å². The van der Waals surface area contributed by atoms with Crippen molar-refractivity contribution in [3.05, 3.63) is 50.3 Å². The predicted molar refractivity (Wildman–Crippen MR) is 86.5 cm³/mol. The van der Waals surface area contributed by atoms with E-state index in [1.165, 1.54) is 0 Å². The molecular formula is C14H17N3OS2. The van der Waals surface area contributed by atoms with Crippen molar-refractivity contribution in [1.82, 2.24) is 9.55 Å². The van der Waals surface area contributed by atoms with Crippen LogP contribution in [0, 0.1) is 0 Å². The monoisotopic (exact) mass is 307 g/mol. The fourth-order valence-electron chi connectivity index (χ4n) is 1.72. The Morgan fingerprint density at radius 2 is 2.20 bits per heavy atom. The molecule has 0 unspecified atom stereocenters. The van der Waals surface area contributed by atoms with Crippen molar-refractivity contribution in [1.29, 1.82) is 0 Å². The number of pyridine rings is 1. The largest absolute Gasteiger partial charge is 0.389 e. The fourth-order valence-corrected chi connectivity index (χ4v) is 2.90. The van der Waals surface area contributed by atoms with Gasteiger partial charge in [0, 0.05) is 17.0 Å². The second-order valence-electron chi connectivity index (χ2n) is 5.60. The summed E-state index contributed by atoms with van der Waals surface area (Å²) in [4.78, 5) is 16.9. The SMILES string of the molecule is CC(C)(C)c1csc(Cn2cccc(C(N)=S)c2=O)n1. The molecule has 2 heterocycles. The first kappa shape index (κ1) is 14.9. The van der Waals surface area contributed by atoms with E-state index in [1.807, 2.05) is 5.38 Å². The van der Waals surface area contributed by atoms with Gasteiger partial charge < -0.3 is 10.3 Å². The maximum atomic E-state index is 12.2. The number of nitrogens with zero attached hydrogens (tertiary/aromatic N) is 2. The number of rotatable bonds is 3. The van der Waals surface area contributed by atoms with Crippen LogP contribution in [0.4, 0.5) is 0 Å². The van der Waals surface area contributed by atoms with Crippen molar-refractivity contribution in [2.45, 2.75) is 32.7 Å². The van der Waals surface area contributed by atoms with Gasteiger partial charge in [-0.3, -0.25) is 4.79 Å². The van der Waals surface area contributed by atoms with Gasteiger partial charge in [0.2, 0.25) is 0 Å². The Kier molecular flexibility index (Phi) is 4.06. The quantitative estimate of drug-likeness (QED) is 0.884. The van der Waals surface area contributed by atoms with Crippen molar-refractivity contribution >= 4 is 28.5 Å². The van der Waals surface area contributed by atoms with Crippen LogP contribution >= 0.6 is 23.6 Å². The predicted octanol–water partition coefficient (Wildman–Crippen LogP) is 2.28. The van der Waals surface area contributed by atoms with Gasteiger partial charge in [0.15, 0.2) is 0 Å². The fraction of sp³-hybridized carbons (Fsp3) is 0.357. The minimum atomic E-state index is -0.174. The Morgan fingerprint density at radius 3 is 2.75 bits per heavy atom. The average molecular weight is 307 g/mol. The smallest absolute Gasteiger partial charge is 0.261 e. The Bertz CT molecular complexity index is 695. The topological polar surface area (TPSA) is 60.9 Å². The van der Waals surface area contributed by atoms with Crippen LogP contribution in [0.15, 0.2) is 28.5 Å². The van der Waals surface area contributed by atoms with E-state index in [0.29, 0.717) is 12.1 Å². The van der Waals surface area contributed by atoms with E-state index in [9.17, 15) is 4.79 Å². The maximum Gasteiger partial charge on any atom is 0.261 e. The van der Waals surface area contributed by atoms with Gasteiger partial charge in [0.1, 0.15) is 10.00 Å². The molecule has 2 N–H and O–H groups in total. The molecule has 0 saturated heterocycles. The van der Waals surface area contributed by atoms with Crippen molar-refractivity contribution in [2.24, 2.45) is 5.73 Å². The van der Waals surface area contributed by atoms with E-state index in [4.69, 9.17) is 18.0 Å². The highest BCUT2D eigenvalue weighted by Gasteiger charge is 2.17. The first-order chi connectivity index (χ1) is 9.29. The van der Waals surface area contributed by atoms with E-state index in [-0.39, 0.29) is 16.0 Å².